The Morgan fingerprint density at radius 2 is 1.89 bits per heavy atom. The third kappa shape index (κ3) is 3.26. The van der Waals surface area contributed by atoms with Crippen molar-refractivity contribution in [1.29, 1.82) is 0 Å². The average molecular weight is 282 g/mol. The summed E-state index contributed by atoms with van der Waals surface area (Å²) in [7, 11) is -1.21. The lowest BCUT2D eigenvalue weighted by molar-refractivity contribution is 0.0915. The molecule has 5 nitrogen and oxygen atoms in total. The van der Waals surface area contributed by atoms with Crippen LogP contribution in [0.5, 0.6) is 0 Å². The van der Waals surface area contributed by atoms with Crippen molar-refractivity contribution < 1.29 is 13.2 Å². The van der Waals surface area contributed by atoms with Gasteiger partial charge in [-0.1, -0.05) is 0 Å². The maximum atomic E-state index is 12.1. The molecule has 1 saturated heterocycles. The number of hydrogen-bond donors (Lipinski definition) is 2. The lowest BCUT2D eigenvalue weighted by Crippen LogP contribution is -2.46. The Morgan fingerprint density at radius 1 is 1.26 bits per heavy atom. The van der Waals surface area contributed by atoms with Crippen LogP contribution >= 0.6 is 0 Å². The van der Waals surface area contributed by atoms with Gasteiger partial charge in [-0.2, -0.15) is 0 Å². The van der Waals surface area contributed by atoms with Crippen molar-refractivity contribution in [3.8, 4) is 0 Å². The van der Waals surface area contributed by atoms with Gasteiger partial charge in [-0.05, 0) is 37.6 Å². The fourth-order valence-corrected chi connectivity index (χ4v) is 4.34. The van der Waals surface area contributed by atoms with Crippen LogP contribution in [0.25, 0.3) is 0 Å². The van der Waals surface area contributed by atoms with Crippen molar-refractivity contribution in [1.82, 2.24) is 5.32 Å². The van der Waals surface area contributed by atoms with Gasteiger partial charge in [0.15, 0.2) is 9.84 Å². The normalized spacial score (nSPS) is 24.9. The Hall–Kier alpha value is -1.56. The number of nitrogens with one attached hydrogen (secondary N) is 2. The van der Waals surface area contributed by atoms with Gasteiger partial charge in [0.1, 0.15) is 0 Å². The van der Waals surface area contributed by atoms with E-state index in [4.69, 9.17) is 0 Å². The van der Waals surface area contributed by atoms with E-state index in [1.807, 2.05) is 12.1 Å². The summed E-state index contributed by atoms with van der Waals surface area (Å²) in [4.78, 5) is 12.1. The van der Waals surface area contributed by atoms with Crippen molar-refractivity contribution >= 4 is 21.4 Å². The highest BCUT2D eigenvalue weighted by atomic mass is 32.2. The second-order valence-electron chi connectivity index (χ2n) is 5.18. The third-order valence-corrected chi connectivity index (χ3v) is 5.26. The summed E-state index contributed by atoms with van der Waals surface area (Å²) in [5.41, 5.74) is 0.799. The molecule has 2 rings (SSSR count). The topological polar surface area (TPSA) is 75.3 Å². The van der Waals surface area contributed by atoms with Crippen molar-refractivity contribution in [3.63, 3.8) is 0 Å². The summed E-state index contributed by atoms with van der Waals surface area (Å²) in [6, 6.07) is 7.05. The van der Waals surface area contributed by atoms with Crippen LogP contribution in [0.3, 0.4) is 0 Å². The molecule has 0 aromatic heterocycles. The van der Waals surface area contributed by atoms with Crippen molar-refractivity contribution in [2.75, 3.05) is 23.9 Å². The van der Waals surface area contributed by atoms with E-state index in [0.717, 1.165) is 5.69 Å². The molecule has 0 radical (unpaired) electrons. The van der Waals surface area contributed by atoms with E-state index < -0.39 is 15.4 Å². The monoisotopic (exact) mass is 282 g/mol. The quantitative estimate of drug-likeness (QED) is 0.868. The van der Waals surface area contributed by atoms with E-state index in [1.54, 1.807) is 26.1 Å². The molecular formula is C13H18N2O3S. The molecule has 1 atom stereocenters. The predicted octanol–water partition coefficient (Wildman–Crippen LogP) is 1.04. The minimum absolute atomic E-state index is 0.0142. The summed E-state index contributed by atoms with van der Waals surface area (Å²) in [6.07, 6.45) is 0.468. The molecule has 6 heteroatoms. The van der Waals surface area contributed by atoms with Gasteiger partial charge in [-0.3, -0.25) is 4.79 Å². The number of amides is 1. The number of anilines is 1. The van der Waals surface area contributed by atoms with Gasteiger partial charge < -0.3 is 10.6 Å². The highest BCUT2D eigenvalue weighted by molar-refractivity contribution is 7.91. The van der Waals surface area contributed by atoms with Gasteiger partial charge in [-0.25, -0.2) is 8.42 Å². The molecule has 1 amide bonds. The van der Waals surface area contributed by atoms with Crippen molar-refractivity contribution in [3.05, 3.63) is 29.8 Å². The van der Waals surface area contributed by atoms with Gasteiger partial charge in [0.25, 0.3) is 5.91 Å². The van der Waals surface area contributed by atoms with E-state index in [-0.39, 0.29) is 17.4 Å². The molecule has 1 aromatic rings. The molecule has 1 fully saturated rings. The van der Waals surface area contributed by atoms with Crippen LogP contribution in [0.4, 0.5) is 5.69 Å². The fourth-order valence-electron chi connectivity index (χ4n) is 2.24. The maximum Gasteiger partial charge on any atom is 0.251 e. The predicted molar refractivity (Wildman–Crippen MR) is 75.1 cm³/mol. The summed E-state index contributed by atoms with van der Waals surface area (Å²) >= 11 is 0. The Balaban J connectivity index is 2.08. The van der Waals surface area contributed by atoms with E-state index in [2.05, 4.69) is 10.6 Å². The molecular weight excluding hydrogens is 264 g/mol. The number of carbonyl (C=O) groups excluding carboxylic acids is 1. The summed E-state index contributed by atoms with van der Waals surface area (Å²) in [5.74, 6) is -0.0785. The van der Waals surface area contributed by atoms with Crippen molar-refractivity contribution in [2.45, 2.75) is 18.9 Å². The summed E-state index contributed by atoms with van der Waals surface area (Å²) in [6.45, 7) is 1.78. The molecule has 0 spiro atoms. The van der Waals surface area contributed by atoms with Gasteiger partial charge >= 0.3 is 0 Å². The van der Waals surface area contributed by atoms with Crippen LogP contribution in [-0.4, -0.2) is 38.4 Å². The minimum atomic E-state index is -3.02. The van der Waals surface area contributed by atoms with Crippen molar-refractivity contribution in [2.24, 2.45) is 0 Å². The summed E-state index contributed by atoms with van der Waals surface area (Å²) < 4.78 is 23.0. The molecule has 19 heavy (non-hydrogen) atoms. The number of carbonyl (C=O) groups is 1. The second kappa shape index (κ2) is 4.85. The Labute approximate surface area is 113 Å². The molecule has 2 N–H and O–H groups in total. The fraction of sp³-hybridized carbons (Fsp3) is 0.462. The largest absolute Gasteiger partial charge is 0.388 e. The lowest BCUT2D eigenvalue weighted by Gasteiger charge is -2.23. The maximum absolute atomic E-state index is 12.1. The SMILES string of the molecule is CNc1ccc(C(=O)NC2(C)CCS(=O)(=O)C2)cc1. The third-order valence-electron chi connectivity index (χ3n) is 3.35. The highest BCUT2D eigenvalue weighted by Gasteiger charge is 2.39. The molecule has 1 heterocycles. The molecule has 0 saturated carbocycles. The van der Waals surface area contributed by atoms with Crippen LogP contribution in [0.1, 0.15) is 23.7 Å². The number of benzene rings is 1. The van der Waals surface area contributed by atoms with Crippen LogP contribution in [0.15, 0.2) is 24.3 Å². The Morgan fingerprint density at radius 3 is 2.37 bits per heavy atom. The number of sulfone groups is 1. The van der Waals surface area contributed by atoms with Crippen LogP contribution in [-0.2, 0) is 9.84 Å². The standard InChI is InChI=1S/C13H18N2O3S/c1-13(7-8-19(17,18)9-13)15-12(16)10-3-5-11(14-2)6-4-10/h3-6,14H,7-9H2,1-2H3,(H,15,16). The zero-order valence-electron chi connectivity index (χ0n) is 11.1. The number of rotatable bonds is 3. The zero-order valence-corrected chi connectivity index (χ0v) is 11.9. The molecule has 0 bridgehead atoms. The number of hydrogen-bond acceptors (Lipinski definition) is 4. The minimum Gasteiger partial charge on any atom is -0.388 e. The molecule has 1 aliphatic heterocycles. The first-order valence-corrected chi connectivity index (χ1v) is 7.96. The van der Waals surface area contributed by atoms with Gasteiger partial charge in [0.2, 0.25) is 0 Å². The summed E-state index contributed by atoms with van der Waals surface area (Å²) in [5, 5.41) is 5.80. The lowest BCUT2D eigenvalue weighted by atomic mass is 10.0. The first-order valence-electron chi connectivity index (χ1n) is 6.14. The first-order chi connectivity index (χ1) is 8.84. The highest BCUT2D eigenvalue weighted by Crippen LogP contribution is 2.23. The van der Waals surface area contributed by atoms with E-state index >= 15 is 0 Å². The molecule has 104 valence electrons. The van der Waals surface area contributed by atoms with E-state index in [1.165, 1.54) is 0 Å². The van der Waals surface area contributed by atoms with Crippen LogP contribution < -0.4 is 10.6 Å². The molecule has 1 unspecified atom stereocenters. The van der Waals surface area contributed by atoms with Gasteiger partial charge in [0, 0.05) is 18.3 Å². The second-order valence-corrected chi connectivity index (χ2v) is 7.37. The Kier molecular flexibility index (Phi) is 3.54. The Bertz CT molecular complexity index is 580. The van der Waals surface area contributed by atoms with Crippen LogP contribution in [0.2, 0.25) is 0 Å². The van der Waals surface area contributed by atoms with E-state index in [0.29, 0.717) is 12.0 Å². The van der Waals surface area contributed by atoms with Crippen LogP contribution in [0, 0.1) is 0 Å². The first kappa shape index (κ1) is 13.9. The molecule has 1 aliphatic rings. The molecule has 1 aromatic carbocycles. The average Bonchev–Trinajstić information content (AvgIpc) is 2.63. The van der Waals surface area contributed by atoms with E-state index in [9.17, 15) is 13.2 Å². The zero-order chi connectivity index (χ0) is 14.1. The van der Waals surface area contributed by atoms with Gasteiger partial charge in [-0.15, -0.1) is 0 Å². The smallest absolute Gasteiger partial charge is 0.251 e. The van der Waals surface area contributed by atoms with Gasteiger partial charge in [0.05, 0.1) is 17.0 Å². The molecule has 0 aliphatic carbocycles.